The number of aryl methyl sites for hydroxylation is 2. The molecule has 0 aromatic carbocycles. The van der Waals surface area contributed by atoms with Gasteiger partial charge in [0.25, 0.3) is 0 Å². The van der Waals surface area contributed by atoms with Crippen LogP contribution in [-0.4, -0.2) is 149 Å². The summed E-state index contributed by atoms with van der Waals surface area (Å²) in [5.41, 5.74) is 25.3. The number of hydrogen-bond donors (Lipinski definition) is 10. The topological polar surface area (TPSA) is 323 Å². The molecular formula is C38H70N12O8. The van der Waals surface area contributed by atoms with Crippen LogP contribution >= 0.6 is 0 Å². The number of aliphatic hydroxyl groups is 4. The molecule has 0 unspecified atom stereocenters. The van der Waals surface area contributed by atoms with Gasteiger partial charge in [0.2, 0.25) is 11.8 Å². The zero-order valence-corrected chi connectivity index (χ0v) is 33.9. The van der Waals surface area contributed by atoms with E-state index in [9.17, 15) is 30.0 Å². The molecule has 0 aliphatic heterocycles. The molecule has 14 N–H and O–H groups in total. The molecule has 2 amide bonds. The fraction of sp³-hybridized carbons (Fsp3) is 0.842. The Morgan fingerprint density at radius 1 is 0.569 bits per heavy atom. The number of nitrogens with one attached hydrogen (secondary N) is 2. The molecule has 2 aromatic heterocycles. The van der Waals surface area contributed by atoms with E-state index in [0.717, 1.165) is 88.4 Å². The predicted molar refractivity (Wildman–Crippen MR) is 214 cm³/mol. The van der Waals surface area contributed by atoms with Gasteiger partial charge in [0, 0.05) is 62.9 Å². The van der Waals surface area contributed by atoms with Crippen molar-refractivity contribution in [3.8, 4) is 0 Å². The summed E-state index contributed by atoms with van der Waals surface area (Å²) in [5.74, 6) is -0.196. The van der Waals surface area contributed by atoms with Gasteiger partial charge in [0.1, 0.15) is 37.5 Å². The van der Waals surface area contributed by atoms with Crippen LogP contribution in [0, 0.1) is 0 Å². The van der Waals surface area contributed by atoms with E-state index in [4.69, 9.17) is 32.4 Å². The second-order valence-electron chi connectivity index (χ2n) is 16.0. The number of aromatic nitrogens is 6. The van der Waals surface area contributed by atoms with Gasteiger partial charge in [-0.2, -0.15) is 0 Å². The fourth-order valence-corrected chi connectivity index (χ4v) is 7.51. The van der Waals surface area contributed by atoms with Crippen LogP contribution in [0.2, 0.25) is 0 Å². The highest BCUT2D eigenvalue weighted by Gasteiger charge is 2.42. The van der Waals surface area contributed by atoms with E-state index in [1.807, 2.05) is 0 Å². The minimum atomic E-state index is -1.10. The van der Waals surface area contributed by atoms with Crippen molar-refractivity contribution in [2.24, 2.45) is 22.9 Å². The van der Waals surface area contributed by atoms with E-state index in [-0.39, 0.29) is 24.9 Å². The van der Waals surface area contributed by atoms with E-state index < -0.39 is 60.8 Å². The lowest BCUT2D eigenvalue weighted by atomic mass is 9.85. The van der Waals surface area contributed by atoms with Gasteiger partial charge in [-0.15, -0.1) is 10.2 Å². The summed E-state index contributed by atoms with van der Waals surface area (Å²) in [6, 6.07) is -1.95. The molecule has 10 atom stereocenters. The molecular weight excluding hydrogens is 752 g/mol. The van der Waals surface area contributed by atoms with E-state index in [0.29, 0.717) is 52.0 Å². The van der Waals surface area contributed by atoms with Crippen molar-refractivity contribution >= 4 is 11.8 Å². The molecule has 2 fully saturated rings. The van der Waals surface area contributed by atoms with Gasteiger partial charge in [-0.05, 0) is 64.2 Å². The van der Waals surface area contributed by atoms with Gasteiger partial charge in [0.15, 0.2) is 0 Å². The molecule has 0 bridgehead atoms. The molecule has 2 aliphatic rings. The first-order valence-electron chi connectivity index (χ1n) is 21.2. The Morgan fingerprint density at radius 2 is 0.948 bits per heavy atom. The lowest BCUT2D eigenvalue weighted by Crippen LogP contribution is -2.62. The SMILES string of the molecule is N[C@@H]1C[C@H](N)[C@@H](OCCCCc2cn(CC(=O)NCCCCCCCCCCNC(=O)Cn3cc(CCCCO[C@H]4[C@H](O)[C@@H](O)[C@H](N)C[C@@H]4N)nn3)nn2)[C@H](O)[C@H]1O. The minimum absolute atomic E-state index is 0.0978. The van der Waals surface area contributed by atoms with Crippen LogP contribution in [0.4, 0.5) is 0 Å². The quantitative estimate of drug-likeness (QED) is 0.0432. The number of nitrogens with zero attached hydrogens (tertiary/aromatic N) is 6. The number of carbonyl (C=O) groups is 2. The van der Waals surface area contributed by atoms with Gasteiger partial charge in [-0.3, -0.25) is 9.59 Å². The molecule has 0 saturated heterocycles. The highest BCUT2D eigenvalue weighted by molar-refractivity contribution is 5.75. The standard InChI is InChI=1S/C38H70N12O8/c39-27-19-29(41)37(35(55)33(27)53)57-17-11-7-13-25-21-49(47-45-25)23-31(51)43-15-9-5-3-1-2-4-6-10-16-44-32(52)24-50-22-26(46-48-50)14-8-12-18-58-38-30(42)20-28(40)34(54)36(38)56/h21-22,27-30,33-38,53-56H,1-20,23-24,39-42H2,(H,43,51)(H,44,52)/t27-,28-,29+,30+,33+,34+,35-,36-,37-,38-/m1/s1. The van der Waals surface area contributed by atoms with Crippen LogP contribution in [0.15, 0.2) is 12.4 Å². The Labute approximate surface area is 341 Å². The van der Waals surface area contributed by atoms with E-state index in [1.54, 1.807) is 21.8 Å². The number of hydrogen-bond acceptors (Lipinski definition) is 16. The minimum Gasteiger partial charge on any atom is -0.389 e. The Kier molecular flexibility index (Phi) is 20.8. The number of amides is 2. The molecule has 4 rings (SSSR count). The van der Waals surface area contributed by atoms with Crippen molar-refractivity contribution < 1.29 is 39.5 Å². The summed E-state index contributed by atoms with van der Waals surface area (Å²) >= 11 is 0. The second kappa shape index (κ2) is 25.4. The fourth-order valence-electron chi connectivity index (χ4n) is 7.51. The summed E-state index contributed by atoms with van der Waals surface area (Å²) in [6.07, 6.45) is 11.6. The van der Waals surface area contributed by atoms with Gasteiger partial charge in [0.05, 0.1) is 23.6 Å². The number of rotatable bonds is 27. The average Bonchev–Trinajstić information content (AvgIpc) is 3.84. The maximum Gasteiger partial charge on any atom is 0.241 e. The first kappa shape index (κ1) is 47.5. The van der Waals surface area contributed by atoms with E-state index >= 15 is 0 Å². The number of carbonyl (C=O) groups excluding carboxylic acids is 2. The summed E-state index contributed by atoms with van der Waals surface area (Å²) in [6.45, 7) is 2.27. The number of nitrogens with two attached hydrogens (primary N) is 4. The second-order valence-corrected chi connectivity index (χ2v) is 16.0. The number of ether oxygens (including phenoxy) is 2. The predicted octanol–water partition coefficient (Wildman–Crippen LogP) is -2.10. The van der Waals surface area contributed by atoms with Crippen LogP contribution < -0.4 is 33.6 Å². The monoisotopic (exact) mass is 823 g/mol. The molecule has 2 heterocycles. The Morgan fingerprint density at radius 3 is 1.34 bits per heavy atom. The third kappa shape index (κ3) is 16.1. The first-order chi connectivity index (χ1) is 27.9. The van der Waals surface area contributed by atoms with Crippen LogP contribution in [0.1, 0.15) is 101 Å². The van der Waals surface area contributed by atoms with Crippen LogP contribution in [0.5, 0.6) is 0 Å². The summed E-state index contributed by atoms with van der Waals surface area (Å²) in [4.78, 5) is 24.7. The van der Waals surface area contributed by atoms with Crippen molar-refractivity contribution in [2.75, 3.05) is 26.3 Å². The van der Waals surface area contributed by atoms with Crippen LogP contribution in [0.25, 0.3) is 0 Å². The van der Waals surface area contributed by atoms with Crippen molar-refractivity contribution in [1.82, 2.24) is 40.6 Å². The Balaban J connectivity index is 0.906. The third-order valence-corrected chi connectivity index (χ3v) is 11.0. The van der Waals surface area contributed by atoms with Gasteiger partial charge in [-0.25, -0.2) is 9.36 Å². The molecule has 20 nitrogen and oxygen atoms in total. The maximum absolute atomic E-state index is 12.4. The van der Waals surface area contributed by atoms with Crippen molar-refractivity contribution in [3.05, 3.63) is 23.8 Å². The highest BCUT2D eigenvalue weighted by atomic mass is 16.5. The van der Waals surface area contributed by atoms with Crippen molar-refractivity contribution in [3.63, 3.8) is 0 Å². The highest BCUT2D eigenvalue weighted by Crippen LogP contribution is 2.22. The molecule has 20 heteroatoms. The van der Waals surface area contributed by atoms with Gasteiger partial charge < -0.3 is 63.5 Å². The maximum atomic E-state index is 12.4. The van der Waals surface area contributed by atoms with Crippen LogP contribution in [0.3, 0.4) is 0 Å². The lowest BCUT2D eigenvalue weighted by Gasteiger charge is -2.39. The third-order valence-electron chi connectivity index (χ3n) is 11.0. The van der Waals surface area contributed by atoms with E-state index in [2.05, 4.69) is 31.3 Å². The number of unbranched alkanes of at least 4 members (excludes halogenated alkanes) is 9. The van der Waals surface area contributed by atoms with Gasteiger partial charge >= 0.3 is 0 Å². The molecule has 0 spiro atoms. The molecule has 0 radical (unpaired) electrons. The molecule has 58 heavy (non-hydrogen) atoms. The lowest BCUT2D eigenvalue weighted by molar-refractivity contribution is -0.127. The molecule has 2 aliphatic carbocycles. The number of aliphatic hydroxyl groups excluding tert-OH is 4. The molecule has 2 aromatic rings. The van der Waals surface area contributed by atoms with Crippen molar-refractivity contribution in [2.45, 2.75) is 177 Å². The first-order valence-corrected chi connectivity index (χ1v) is 21.2. The average molecular weight is 823 g/mol. The summed E-state index contributed by atoms with van der Waals surface area (Å²) in [7, 11) is 0. The Bertz CT molecular complexity index is 1360. The van der Waals surface area contributed by atoms with Crippen molar-refractivity contribution in [1.29, 1.82) is 0 Å². The smallest absolute Gasteiger partial charge is 0.241 e. The van der Waals surface area contributed by atoms with Crippen LogP contribution in [-0.2, 0) is 45.0 Å². The molecule has 2 saturated carbocycles. The Hall–Kier alpha value is -3.18. The van der Waals surface area contributed by atoms with E-state index in [1.165, 1.54) is 0 Å². The normalized spacial score (nSPS) is 27.4. The van der Waals surface area contributed by atoms with Gasteiger partial charge in [-0.1, -0.05) is 49.0 Å². The zero-order valence-electron chi connectivity index (χ0n) is 33.9. The summed E-state index contributed by atoms with van der Waals surface area (Å²) < 4.78 is 14.6. The summed E-state index contributed by atoms with van der Waals surface area (Å²) in [5, 5.41) is 62.7. The largest absolute Gasteiger partial charge is 0.389 e. The molecule has 330 valence electrons. The zero-order chi connectivity index (χ0) is 41.9.